The third-order valence-corrected chi connectivity index (χ3v) is 2.00. The second-order valence-corrected chi connectivity index (χ2v) is 2.86. The summed E-state index contributed by atoms with van der Waals surface area (Å²) in [6.07, 6.45) is 1.51. The van der Waals surface area contributed by atoms with Gasteiger partial charge >= 0.3 is 0 Å². The van der Waals surface area contributed by atoms with Crippen LogP contribution in [0.5, 0.6) is 0 Å². The van der Waals surface area contributed by atoms with Gasteiger partial charge in [0.25, 0.3) is 0 Å². The average Bonchev–Trinajstić information content (AvgIpc) is 2.43. The van der Waals surface area contributed by atoms with Gasteiger partial charge in [-0.25, -0.2) is 9.50 Å². The maximum Gasteiger partial charge on any atom is 0.155 e. The van der Waals surface area contributed by atoms with Crippen molar-refractivity contribution in [1.82, 2.24) is 14.6 Å². The molecule has 5 nitrogen and oxygen atoms in total. The molecule has 13 heavy (non-hydrogen) atoms. The second kappa shape index (κ2) is 2.62. The lowest BCUT2D eigenvalue weighted by molar-refractivity contribution is 0.873. The molecule has 0 fully saturated rings. The van der Waals surface area contributed by atoms with Gasteiger partial charge in [-0.15, -0.1) is 0 Å². The van der Waals surface area contributed by atoms with Gasteiger partial charge in [-0.2, -0.15) is 5.10 Å². The van der Waals surface area contributed by atoms with Gasteiger partial charge in [-0.1, -0.05) is 0 Å². The standard InChI is InChI=1S/C8H11N5/c1-5-3-6(9)7-8(10-2)11-4-12-13(5)7/h3-4H,9H2,1-2H3,(H,10,11,12). The second-order valence-electron chi connectivity index (χ2n) is 2.86. The zero-order valence-electron chi connectivity index (χ0n) is 7.57. The highest BCUT2D eigenvalue weighted by Gasteiger charge is 2.08. The molecule has 0 unspecified atom stereocenters. The van der Waals surface area contributed by atoms with Crippen LogP contribution < -0.4 is 11.1 Å². The van der Waals surface area contributed by atoms with Gasteiger partial charge in [0, 0.05) is 12.7 Å². The minimum Gasteiger partial charge on any atom is -0.397 e. The summed E-state index contributed by atoms with van der Waals surface area (Å²) >= 11 is 0. The summed E-state index contributed by atoms with van der Waals surface area (Å²) in [6, 6.07) is 1.88. The van der Waals surface area contributed by atoms with Crippen LogP contribution in [0.3, 0.4) is 0 Å². The van der Waals surface area contributed by atoms with Crippen molar-refractivity contribution in [2.75, 3.05) is 18.1 Å². The first-order chi connectivity index (χ1) is 6.24. The fourth-order valence-corrected chi connectivity index (χ4v) is 1.42. The summed E-state index contributed by atoms with van der Waals surface area (Å²) in [7, 11) is 1.81. The van der Waals surface area contributed by atoms with Crippen LogP contribution >= 0.6 is 0 Å². The predicted octanol–water partition coefficient (Wildman–Crippen LogP) is 0.662. The summed E-state index contributed by atoms with van der Waals surface area (Å²) in [5, 5.41) is 7.07. The molecule has 2 aromatic rings. The number of hydrogen-bond acceptors (Lipinski definition) is 4. The van der Waals surface area contributed by atoms with E-state index in [4.69, 9.17) is 5.73 Å². The first-order valence-corrected chi connectivity index (χ1v) is 4.00. The van der Waals surface area contributed by atoms with Crippen LogP contribution in [0.15, 0.2) is 12.4 Å². The molecule has 0 aliphatic carbocycles. The molecule has 0 amide bonds. The van der Waals surface area contributed by atoms with Crippen molar-refractivity contribution >= 4 is 17.0 Å². The Morgan fingerprint density at radius 3 is 3.00 bits per heavy atom. The van der Waals surface area contributed by atoms with Gasteiger partial charge in [0.05, 0.1) is 5.69 Å². The molecule has 2 rings (SSSR count). The van der Waals surface area contributed by atoms with Crippen molar-refractivity contribution < 1.29 is 0 Å². The molecule has 0 bridgehead atoms. The maximum atomic E-state index is 5.81. The number of nitrogens with one attached hydrogen (secondary N) is 1. The van der Waals surface area contributed by atoms with E-state index in [1.165, 1.54) is 6.33 Å². The third kappa shape index (κ3) is 1.00. The number of nitrogens with two attached hydrogens (primary N) is 1. The Hall–Kier alpha value is -1.78. The summed E-state index contributed by atoms with van der Waals surface area (Å²) in [5.41, 5.74) is 8.35. The monoisotopic (exact) mass is 177 g/mol. The lowest BCUT2D eigenvalue weighted by Gasteiger charge is -2.02. The Bertz CT molecular complexity index is 445. The van der Waals surface area contributed by atoms with Crippen LogP contribution in [0.25, 0.3) is 5.52 Å². The molecule has 0 aliphatic heterocycles. The molecule has 0 aliphatic rings. The van der Waals surface area contributed by atoms with Crippen molar-refractivity contribution in [3.05, 3.63) is 18.1 Å². The molecule has 2 aromatic heterocycles. The molecule has 0 aromatic carbocycles. The molecule has 3 N–H and O–H groups in total. The molecular weight excluding hydrogens is 166 g/mol. The molecule has 2 heterocycles. The van der Waals surface area contributed by atoms with Crippen molar-refractivity contribution in [3.63, 3.8) is 0 Å². The summed E-state index contributed by atoms with van der Waals surface area (Å²) in [4.78, 5) is 4.08. The van der Waals surface area contributed by atoms with Crippen LogP contribution in [0, 0.1) is 6.92 Å². The van der Waals surface area contributed by atoms with E-state index in [-0.39, 0.29) is 0 Å². The highest BCUT2D eigenvalue weighted by molar-refractivity contribution is 5.82. The number of anilines is 2. The number of nitrogens with zero attached hydrogens (tertiary/aromatic N) is 3. The van der Waals surface area contributed by atoms with E-state index in [0.717, 1.165) is 17.0 Å². The highest BCUT2D eigenvalue weighted by atomic mass is 15.3. The van der Waals surface area contributed by atoms with E-state index in [0.29, 0.717) is 5.69 Å². The first-order valence-electron chi connectivity index (χ1n) is 4.00. The quantitative estimate of drug-likeness (QED) is 0.671. The van der Waals surface area contributed by atoms with Gasteiger partial charge < -0.3 is 11.1 Å². The van der Waals surface area contributed by atoms with Gasteiger partial charge in [-0.05, 0) is 13.0 Å². The Morgan fingerprint density at radius 2 is 2.31 bits per heavy atom. The predicted molar refractivity (Wildman–Crippen MR) is 51.7 cm³/mol. The van der Waals surface area contributed by atoms with Crippen LogP contribution in [0.1, 0.15) is 5.69 Å². The van der Waals surface area contributed by atoms with E-state index in [1.54, 1.807) is 4.52 Å². The lowest BCUT2D eigenvalue weighted by atomic mass is 10.4. The van der Waals surface area contributed by atoms with Crippen LogP contribution in [-0.2, 0) is 0 Å². The zero-order chi connectivity index (χ0) is 9.42. The van der Waals surface area contributed by atoms with E-state index < -0.39 is 0 Å². The molecule has 0 saturated carbocycles. The van der Waals surface area contributed by atoms with E-state index >= 15 is 0 Å². The van der Waals surface area contributed by atoms with E-state index in [9.17, 15) is 0 Å². The molecule has 0 saturated heterocycles. The Balaban J connectivity index is 2.88. The number of rotatable bonds is 1. The SMILES string of the molecule is CNc1ncnn2c(C)cc(N)c12. The van der Waals surface area contributed by atoms with Gasteiger partial charge in [0.2, 0.25) is 0 Å². The molecule has 0 radical (unpaired) electrons. The molecular formula is C8H11N5. The zero-order valence-corrected chi connectivity index (χ0v) is 7.57. The van der Waals surface area contributed by atoms with E-state index in [1.807, 2.05) is 20.0 Å². The average molecular weight is 177 g/mol. The van der Waals surface area contributed by atoms with Crippen molar-refractivity contribution in [2.24, 2.45) is 0 Å². The van der Waals surface area contributed by atoms with Gasteiger partial charge in [0.15, 0.2) is 5.82 Å². The Labute approximate surface area is 75.6 Å². The normalized spacial score (nSPS) is 10.6. The minimum atomic E-state index is 0.697. The largest absolute Gasteiger partial charge is 0.397 e. The molecule has 0 atom stereocenters. The van der Waals surface area contributed by atoms with Crippen LogP contribution in [0.4, 0.5) is 11.5 Å². The number of aryl methyl sites for hydroxylation is 1. The first kappa shape index (κ1) is 7.85. The fraction of sp³-hybridized carbons (Fsp3) is 0.250. The van der Waals surface area contributed by atoms with Crippen LogP contribution in [-0.4, -0.2) is 21.6 Å². The number of aromatic nitrogens is 3. The Kier molecular flexibility index (Phi) is 1.58. The number of fused-ring (bicyclic) bond motifs is 1. The van der Waals surface area contributed by atoms with Gasteiger partial charge in [-0.3, -0.25) is 0 Å². The molecule has 5 heteroatoms. The van der Waals surface area contributed by atoms with Crippen molar-refractivity contribution in [1.29, 1.82) is 0 Å². The number of nitrogen functional groups attached to an aromatic ring is 1. The number of hydrogen-bond donors (Lipinski definition) is 2. The Morgan fingerprint density at radius 1 is 1.54 bits per heavy atom. The van der Waals surface area contributed by atoms with Crippen LogP contribution in [0.2, 0.25) is 0 Å². The minimum absolute atomic E-state index is 0.697. The van der Waals surface area contributed by atoms with E-state index in [2.05, 4.69) is 15.4 Å². The fourth-order valence-electron chi connectivity index (χ4n) is 1.42. The smallest absolute Gasteiger partial charge is 0.155 e. The summed E-state index contributed by atoms with van der Waals surface area (Å²) in [5.74, 6) is 0.751. The van der Waals surface area contributed by atoms with Gasteiger partial charge in [0.1, 0.15) is 11.8 Å². The third-order valence-electron chi connectivity index (χ3n) is 2.00. The lowest BCUT2D eigenvalue weighted by Crippen LogP contribution is -2.01. The molecule has 0 spiro atoms. The highest BCUT2D eigenvalue weighted by Crippen LogP contribution is 2.22. The summed E-state index contributed by atoms with van der Waals surface area (Å²) in [6.45, 7) is 1.95. The topological polar surface area (TPSA) is 68.2 Å². The van der Waals surface area contributed by atoms with Crippen molar-refractivity contribution in [2.45, 2.75) is 6.92 Å². The molecule has 68 valence electrons. The van der Waals surface area contributed by atoms with Crippen molar-refractivity contribution in [3.8, 4) is 0 Å². The summed E-state index contributed by atoms with van der Waals surface area (Å²) < 4.78 is 1.77. The maximum absolute atomic E-state index is 5.81.